The lowest BCUT2D eigenvalue weighted by Crippen LogP contribution is -2.14. The van der Waals surface area contributed by atoms with Gasteiger partial charge in [0.1, 0.15) is 9.88 Å². The van der Waals surface area contributed by atoms with Crippen LogP contribution in [-0.4, -0.2) is 32.1 Å². The molecule has 1 heterocycles. The van der Waals surface area contributed by atoms with Crippen molar-refractivity contribution in [2.24, 2.45) is 0 Å². The number of esters is 2. The Labute approximate surface area is 150 Å². The summed E-state index contributed by atoms with van der Waals surface area (Å²) >= 11 is 4.27. The third kappa shape index (κ3) is 3.49. The molecule has 6 nitrogen and oxygen atoms in total. The molecule has 126 valence electrons. The number of amides is 1. The molecule has 0 saturated carbocycles. The molecule has 0 atom stereocenters. The molecule has 0 aliphatic rings. The minimum absolute atomic E-state index is 0.142. The highest BCUT2D eigenvalue weighted by molar-refractivity contribution is 9.10. The number of nitrogens with one attached hydrogen (secondary N) is 1. The Balaban J connectivity index is 2.46. The van der Waals surface area contributed by atoms with E-state index in [1.54, 1.807) is 31.2 Å². The van der Waals surface area contributed by atoms with Crippen molar-refractivity contribution in [3.05, 3.63) is 50.3 Å². The first kappa shape index (κ1) is 18.2. The van der Waals surface area contributed by atoms with E-state index in [2.05, 4.69) is 21.2 Å². The number of thiophene rings is 1. The summed E-state index contributed by atoms with van der Waals surface area (Å²) in [5.41, 5.74) is 0.948. The fourth-order valence-electron chi connectivity index (χ4n) is 2.05. The molecule has 24 heavy (non-hydrogen) atoms. The van der Waals surface area contributed by atoms with Crippen LogP contribution in [0.15, 0.2) is 28.7 Å². The number of carbonyl (C=O) groups excluding carboxylic acids is 3. The second-order valence-electron chi connectivity index (χ2n) is 4.68. The summed E-state index contributed by atoms with van der Waals surface area (Å²) < 4.78 is 10.1. The van der Waals surface area contributed by atoms with Crippen molar-refractivity contribution < 1.29 is 23.9 Å². The first-order chi connectivity index (χ1) is 11.4. The lowest BCUT2D eigenvalue weighted by molar-refractivity contribution is 0.0601. The third-order valence-electron chi connectivity index (χ3n) is 3.25. The summed E-state index contributed by atoms with van der Waals surface area (Å²) in [5.74, 6) is -1.63. The van der Waals surface area contributed by atoms with Crippen molar-refractivity contribution in [3.8, 4) is 0 Å². The smallest absolute Gasteiger partial charge is 0.348 e. The van der Waals surface area contributed by atoms with Crippen LogP contribution in [0.25, 0.3) is 0 Å². The zero-order valence-corrected chi connectivity index (χ0v) is 15.5. The Morgan fingerprint density at radius 3 is 2.29 bits per heavy atom. The van der Waals surface area contributed by atoms with E-state index in [0.29, 0.717) is 15.6 Å². The highest BCUT2D eigenvalue weighted by Crippen LogP contribution is 2.34. The number of carbonyl (C=O) groups is 3. The molecule has 0 aliphatic carbocycles. The molecule has 2 rings (SSSR count). The molecule has 0 fully saturated rings. The van der Waals surface area contributed by atoms with Gasteiger partial charge < -0.3 is 14.8 Å². The van der Waals surface area contributed by atoms with Crippen LogP contribution >= 0.6 is 27.3 Å². The molecule has 0 bridgehead atoms. The van der Waals surface area contributed by atoms with Gasteiger partial charge in [0.05, 0.1) is 25.3 Å². The maximum atomic E-state index is 12.5. The van der Waals surface area contributed by atoms with Crippen LogP contribution in [0.5, 0.6) is 0 Å². The molecule has 8 heteroatoms. The van der Waals surface area contributed by atoms with Crippen molar-refractivity contribution in [2.75, 3.05) is 19.5 Å². The van der Waals surface area contributed by atoms with Crippen LogP contribution in [0.1, 0.15) is 36.0 Å². The second kappa shape index (κ2) is 7.59. The minimum Gasteiger partial charge on any atom is -0.465 e. The van der Waals surface area contributed by atoms with Crippen LogP contribution in [0.4, 0.5) is 5.00 Å². The largest absolute Gasteiger partial charge is 0.465 e. The molecule has 1 N–H and O–H groups in total. The van der Waals surface area contributed by atoms with E-state index in [4.69, 9.17) is 9.47 Å². The summed E-state index contributed by atoms with van der Waals surface area (Å²) in [7, 11) is 2.48. The van der Waals surface area contributed by atoms with Crippen LogP contribution in [0, 0.1) is 6.92 Å². The maximum absolute atomic E-state index is 12.5. The van der Waals surface area contributed by atoms with Crippen molar-refractivity contribution in [1.82, 2.24) is 0 Å². The first-order valence-corrected chi connectivity index (χ1v) is 8.37. The SMILES string of the molecule is COC(=O)c1sc(NC(=O)c2ccccc2Br)c(C(=O)OC)c1C. The van der Waals surface area contributed by atoms with Crippen molar-refractivity contribution in [1.29, 1.82) is 0 Å². The molecule has 0 unspecified atom stereocenters. The predicted octanol–water partition coefficient (Wildman–Crippen LogP) is 3.64. The van der Waals surface area contributed by atoms with Gasteiger partial charge in [-0.1, -0.05) is 12.1 Å². The monoisotopic (exact) mass is 411 g/mol. The van der Waals surface area contributed by atoms with Crippen LogP contribution in [-0.2, 0) is 9.47 Å². The molecule has 0 saturated heterocycles. The van der Waals surface area contributed by atoms with Gasteiger partial charge in [-0.2, -0.15) is 0 Å². The lowest BCUT2D eigenvalue weighted by Gasteiger charge is -2.07. The normalized spacial score (nSPS) is 10.2. The standard InChI is InChI=1S/C16H14BrNO5S/c1-8-11(15(20)22-2)14(24-12(8)16(21)23-3)18-13(19)9-6-4-5-7-10(9)17/h4-7H,1-3H3,(H,18,19). The topological polar surface area (TPSA) is 81.7 Å². The molecular weight excluding hydrogens is 398 g/mol. The number of halogens is 1. The summed E-state index contributed by atoms with van der Waals surface area (Å²) in [6.07, 6.45) is 0. The number of hydrogen-bond acceptors (Lipinski definition) is 6. The Morgan fingerprint density at radius 1 is 1.08 bits per heavy atom. The van der Waals surface area contributed by atoms with Gasteiger partial charge in [-0.3, -0.25) is 4.79 Å². The summed E-state index contributed by atoms with van der Waals surface area (Å²) in [5, 5.41) is 2.90. The number of rotatable bonds is 4. The molecule has 0 radical (unpaired) electrons. The fraction of sp³-hybridized carbons (Fsp3) is 0.188. The van der Waals surface area contributed by atoms with E-state index in [-0.39, 0.29) is 15.4 Å². The highest BCUT2D eigenvalue weighted by Gasteiger charge is 2.27. The average molecular weight is 412 g/mol. The van der Waals surface area contributed by atoms with Gasteiger partial charge in [0.15, 0.2) is 0 Å². The fourth-order valence-corrected chi connectivity index (χ4v) is 3.63. The Hall–Kier alpha value is -2.19. The van der Waals surface area contributed by atoms with E-state index >= 15 is 0 Å². The Morgan fingerprint density at radius 2 is 1.71 bits per heavy atom. The third-order valence-corrected chi connectivity index (χ3v) is 5.13. The molecular formula is C16H14BrNO5S. The number of methoxy groups -OCH3 is 2. The molecule has 1 amide bonds. The quantitative estimate of drug-likeness (QED) is 0.776. The van der Waals surface area contributed by atoms with Gasteiger partial charge in [0.2, 0.25) is 0 Å². The van der Waals surface area contributed by atoms with Crippen molar-refractivity contribution in [3.63, 3.8) is 0 Å². The predicted molar refractivity (Wildman–Crippen MR) is 93.8 cm³/mol. The number of ether oxygens (including phenoxy) is 2. The lowest BCUT2D eigenvalue weighted by atomic mass is 10.1. The van der Waals surface area contributed by atoms with E-state index in [1.165, 1.54) is 14.2 Å². The Bertz CT molecular complexity index is 815. The summed E-state index contributed by atoms with van der Waals surface area (Å²) in [6, 6.07) is 6.88. The van der Waals surface area contributed by atoms with Gasteiger partial charge in [0, 0.05) is 4.47 Å². The minimum atomic E-state index is -0.638. The van der Waals surface area contributed by atoms with Gasteiger partial charge in [-0.15, -0.1) is 11.3 Å². The van der Waals surface area contributed by atoms with E-state index in [0.717, 1.165) is 11.3 Å². The van der Waals surface area contributed by atoms with Crippen LogP contribution < -0.4 is 5.32 Å². The van der Waals surface area contributed by atoms with Crippen molar-refractivity contribution >= 4 is 50.1 Å². The second-order valence-corrected chi connectivity index (χ2v) is 6.55. The molecule has 2 aromatic rings. The number of benzene rings is 1. The van der Waals surface area contributed by atoms with Crippen molar-refractivity contribution in [2.45, 2.75) is 6.92 Å². The summed E-state index contributed by atoms with van der Waals surface area (Å²) in [4.78, 5) is 36.6. The van der Waals surface area contributed by atoms with E-state index in [9.17, 15) is 14.4 Å². The highest BCUT2D eigenvalue weighted by atomic mass is 79.9. The molecule has 1 aromatic heterocycles. The maximum Gasteiger partial charge on any atom is 0.348 e. The van der Waals surface area contributed by atoms with Gasteiger partial charge in [-0.05, 0) is 40.5 Å². The van der Waals surface area contributed by atoms with Crippen LogP contribution in [0.2, 0.25) is 0 Å². The molecule has 0 spiro atoms. The van der Waals surface area contributed by atoms with E-state index in [1.807, 2.05) is 0 Å². The molecule has 1 aromatic carbocycles. The van der Waals surface area contributed by atoms with Gasteiger partial charge >= 0.3 is 11.9 Å². The summed E-state index contributed by atoms with van der Waals surface area (Å²) in [6.45, 7) is 1.60. The number of hydrogen-bond donors (Lipinski definition) is 1. The van der Waals surface area contributed by atoms with Crippen LogP contribution in [0.3, 0.4) is 0 Å². The average Bonchev–Trinajstić information content (AvgIpc) is 2.90. The van der Waals surface area contributed by atoms with Gasteiger partial charge in [-0.25, -0.2) is 9.59 Å². The zero-order valence-electron chi connectivity index (χ0n) is 13.1. The van der Waals surface area contributed by atoms with Gasteiger partial charge in [0.25, 0.3) is 5.91 Å². The zero-order chi connectivity index (χ0) is 17.9. The first-order valence-electron chi connectivity index (χ1n) is 6.76. The Kier molecular flexibility index (Phi) is 5.74. The van der Waals surface area contributed by atoms with E-state index < -0.39 is 17.8 Å². The number of anilines is 1. The molecule has 0 aliphatic heterocycles.